The van der Waals surface area contributed by atoms with E-state index in [4.69, 9.17) is 4.74 Å². The summed E-state index contributed by atoms with van der Waals surface area (Å²) in [6.07, 6.45) is 0. The van der Waals surface area contributed by atoms with Crippen molar-refractivity contribution in [3.63, 3.8) is 0 Å². The number of benzene rings is 1. The number of hydrogen-bond acceptors (Lipinski definition) is 3. The smallest absolute Gasteiger partial charge is 0.166 e. The molecule has 0 bridgehead atoms. The molecule has 0 radical (unpaired) electrons. The Morgan fingerprint density at radius 2 is 1.76 bits per heavy atom. The van der Waals surface area contributed by atoms with Crippen LogP contribution in [0.2, 0.25) is 0 Å². The number of rotatable bonds is 4. The number of ether oxygens (including phenoxy) is 1. The van der Waals surface area contributed by atoms with Gasteiger partial charge >= 0.3 is 0 Å². The fraction of sp³-hybridized carbons (Fsp3) is 0.611. The largest absolute Gasteiger partial charge is 0.379 e. The standard InChI is InChI=1S/C18H27NO2/c1-14(13-19-9-11-21-12-10-19)17(20)15-5-7-16(8-6-15)18(2,3)4/h5-8,14H,9-13H2,1-4H3. The van der Waals surface area contributed by atoms with Crippen molar-refractivity contribution in [1.82, 2.24) is 4.90 Å². The van der Waals surface area contributed by atoms with E-state index in [0.717, 1.165) is 38.4 Å². The van der Waals surface area contributed by atoms with Gasteiger partial charge < -0.3 is 4.74 Å². The third kappa shape index (κ3) is 4.39. The molecule has 21 heavy (non-hydrogen) atoms. The summed E-state index contributed by atoms with van der Waals surface area (Å²) in [5.74, 6) is 0.269. The van der Waals surface area contributed by atoms with Crippen LogP contribution in [0.4, 0.5) is 0 Å². The quantitative estimate of drug-likeness (QED) is 0.798. The highest BCUT2D eigenvalue weighted by molar-refractivity contribution is 5.97. The Labute approximate surface area is 128 Å². The van der Waals surface area contributed by atoms with Crippen LogP contribution in [-0.4, -0.2) is 43.5 Å². The van der Waals surface area contributed by atoms with E-state index in [1.807, 2.05) is 19.1 Å². The van der Waals surface area contributed by atoms with Gasteiger partial charge in [0.2, 0.25) is 0 Å². The molecule has 0 N–H and O–H groups in total. The van der Waals surface area contributed by atoms with Gasteiger partial charge in [-0.15, -0.1) is 0 Å². The lowest BCUT2D eigenvalue weighted by molar-refractivity contribution is 0.0313. The van der Waals surface area contributed by atoms with Crippen LogP contribution in [0.5, 0.6) is 0 Å². The van der Waals surface area contributed by atoms with Crippen molar-refractivity contribution in [1.29, 1.82) is 0 Å². The molecule has 0 saturated carbocycles. The molecule has 1 heterocycles. The van der Waals surface area contributed by atoms with Crippen LogP contribution in [0.1, 0.15) is 43.6 Å². The Balaban J connectivity index is 1.98. The molecule has 116 valence electrons. The van der Waals surface area contributed by atoms with E-state index in [9.17, 15) is 4.79 Å². The van der Waals surface area contributed by atoms with Crippen LogP contribution < -0.4 is 0 Å². The summed E-state index contributed by atoms with van der Waals surface area (Å²) >= 11 is 0. The molecule has 3 heteroatoms. The zero-order chi connectivity index (χ0) is 15.5. The molecule has 1 aliphatic heterocycles. The first-order valence-electron chi connectivity index (χ1n) is 7.83. The highest BCUT2D eigenvalue weighted by atomic mass is 16.5. The predicted molar refractivity (Wildman–Crippen MR) is 85.9 cm³/mol. The monoisotopic (exact) mass is 289 g/mol. The summed E-state index contributed by atoms with van der Waals surface area (Å²) in [4.78, 5) is 14.8. The van der Waals surface area contributed by atoms with Crippen molar-refractivity contribution >= 4 is 5.78 Å². The summed E-state index contributed by atoms with van der Waals surface area (Å²) in [6, 6.07) is 8.10. The Hall–Kier alpha value is -1.19. The normalized spacial score (nSPS) is 18.5. The maximum Gasteiger partial charge on any atom is 0.166 e. The Kier molecular flexibility index (Phi) is 5.17. The Morgan fingerprint density at radius 1 is 1.19 bits per heavy atom. The van der Waals surface area contributed by atoms with Crippen LogP contribution in [0, 0.1) is 5.92 Å². The zero-order valence-corrected chi connectivity index (χ0v) is 13.7. The third-order valence-corrected chi connectivity index (χ3v) is 4.12. The van der Waals surface area contributed by atoms with Gasteiger partial charge in [-0.3, -0.25) is 9.69 Å². The molecule has 0 spiro atoms. The molecule has 1 unspecified atom stereocenters. The molecule has 0 aromatic heterocycles. The lowest BCUT2D eigenvalue weighted by atomic mass is 9.86. The number of Topliss-reactive ketones (excluding diaryl/α,β-unsaturated/α-hetero) is 1. The number of carbonyl (C=O) groups excluding carboxylic acids is 1. The third-order valence-electron chi connectivity index (χ3n) is 4.12. The molecule has 1 aliphatic rings. The van der Waals surface area contributed by atoms with Gasteiger partial charge in [0.1, 0.15) is 0 Å². The highest BCUT2D eigenvalue weighted by Gasteiger charge is 2.21. The first kappa shape index (κ1) is 16.2. The minimum absolute atomic E-state index is 0.0311. The van der Waals surface area contributed by atoms with Gasteiger partial charge in [0, 0.05) is 31.1 Å². The van der Waals surface area contributed by atoms with Crippen molar-refractivity contribution in [2.24, 2.45) is 5.92 Å². The molecule has 2 rings (SSSR count). The van der Waals surface area contributed by atoms with E-state index in [0.29, 0.717) is 0 Å². The summed E-state index contributed by atoms with van der Waals surface area (Å²) in [5.41, 5.74) is 2.21. The first-order chi connectivity index (χ1) is 9.88. The number of carbonyl (C=O) groups is 1. The molecule has 0 aliphatic carbocycles. The van der Waals surface area contributed by atoms with Crippen LogP contribution >= 0.6 is 0 Å². The lowest BCUT2D eigenvalue weighted by Crippen LogP contribution is -2.40. The van der Waals surface area contributed by atoms with Crippen LogP contribution in [0.15, 0.2) is 24.3 Å². The van der Waals surface area contributed by atoms with Gasteiger partial charge in [-0.25, -0.2) is 0 Å². The summed E-state index contributed by atoms with van der Waals surface area (Å²) in [5, 5.41) is 0. The second-order valence-corrected chi connectivity index (χ2v) is 7.01. The number of morpholine rings is 1. The molecule has 1 atom stereocenters. The van der Waals surface area contributed by atoms with Gasteiger partial charge in [-0.05, 0) is 11.0 Å². The van der Waals surface area contributed by atoms with Crippen LogP contribution in [-0.2, 0) is 10.2 Å². The molecule has 3 nitrogen and oxygen atoms in total. The van der Waals surface area contributed by atoms with Crippen LogP contribution in [0.3, 0.4) is 0 Å². The molecular formula is C18H27NO2. The first-order valence-corrected chi connectivity index (χ1v) is 7.83. The second-order valence-electron chi connectivity index (χ2n) is 7.01. The number of ketones is 1. The van der Waals surface area contributed by atoms with Crippen molar-refractivity contribution in [3.05, 3.63) is 35.4 Å². The van der Waals surface area contributed by atoms with Gasteiger partial charge in [0.05, 0.1) is 13.2 Å². The second kappa shape index (κ2) is 6.71. The molecule has 1 aromatic carbocycles. The van der Waals surface area contributed by atoms with E-state index in [-0.39, 0.29) is 17.1 Å². The van der Waals surface area contributed by atoms with E-state index >= 15 is 0 Å². The van der Waals surface area contributed by atoms with Crippen LogP contribution in [0.25, 0.3) is 0 Å². The maximum atomic E-state index is 12.5. The number of nitrogens with zero attached hydrogens (tertiary/aromatic N) is 1. The Bertz CT molecular complexity index is 467. The lowest BCUT2D eigenvalue weighted by Gasteiger charge is -2.28. The summed E-state index contributed by atoms with van der Waals surface area (Å²) < 4.78 is 5.34. The minimum Gasteiger partial charge on any atom is -0.379 e. The van der Waals surface area contributed by atoms with Crippen molar-refractivity contribution in [3.8, 4) is 0 Å². The van der Waals surface area contributed by atoms with E-state index in [1.165, 1.54) is 5.56 Å². The van der Waals surface area contributed by atoms with Crippen molar-refractivity contribution in [2.45, 2.75) is 33.1 Å². The van der Waals surface area contributed by atoms with E-state index in [2.05, 4.69) is 37.8 Å². The average Bonchev–Trinajstić information content (AvgIpc) is 2.46. The number of hydrogen-bond donors (Lipinski definition) is 0. The molecule has 1 fully saturated rings. The van der Waals surface area contributed by atoms with E-state index in [1.54, 1.807) is 0 Å². The highest BCUT2D eigenvalue weighted by Crippen LogP contribution is 2.23. The fourth-order valence-corrected chi connectivity index (χ4v) is 2.67. The Morgan fingerprint density at radius 3 is 2.29 bits per heavy atom. The summed E-state index contributed by atoms with van der Waals surface area (Å²) in [6.45, 7) is 12.8. The van der Waals surface area contributed by atoms with Gasteiger partial charge in [0.15, 0.2) is 5.78 Å². The SMILES string of the molecule is CC(CN1CCOCC1)C(=O)c1ccc(C(C)(C)C)cc1. The maximum absolute atomic E-state index is 12.5. The predicted octanol–water partition coefficient (Wildman–Crippen LogP) is 3.14. The van der Waals surface area contributed by atoms with Gasteiger partial charge in [-0.1, -0.05) is 52.0 Å². The average molecular weight is 289 g/mol. The zero-order valence-electron chi connectivity index (χ0n) is 13.7. The fourth-order valence-electron chi connectivity index (χ4n) is 2.67. The van der Waals surface area contributed by atoms with Crippen molar-refractivity contribution < 1.29 is 9.53 Å². The summed E-state index contributed by atoms with van der Waals surface area (Å²) in [7, 11) is 0. The topological polar surface area (TPSA) is 29.5 Å². The molecule has 1 saturated heterocycles. The molecule has 1 aromatic rings. The minimum atomic E-state index is 0.0311. The van der Waals surface area contributed by atoms with E-state index < -0.39 is 0 Å². The van der Waals surface area contributed by atoms with Gasteiger partial charge in [0.25, 0.3) is 0 Å². The molecular weight excluding hydrogens is 262 g/mol. The molecule has 0 amide bonds. The van der Waals surface area contributed by atoms with Crippen molar-refractivity contribution in [2.75, 3.05) is 32.8 Å². The van der Waals surface area contributed by atoms with Gasteiger partial charge in [-0.2, -0.15) is 0 Å².